The maximum atomic E-state index is 10.2. The minimum Gasteiger partial charge on any atom is -0.389 e. The SMILES string of the molecule is CCNC(=NCC(O)COCc1ccccc1)NC1C2CCOC2C1(C)C. The molecule has 6 nitrogen and oxygen atoms in total. The predicted octanol–water partition coefficient (Wildman–Crippen LogP) is 1.93. The Balaban J connectivity index is 1.47. The fourth-order valence-electron chi connectivity index (χ4n) is 4.22. The molecular formula is C21H33N3O3. The van der Waals surface area contributed by atoms with Crippen molar-refractivity contribution in [3.05, 3.63) is 35.9 Å². The zero-order valence-electron chi connectivity index (χ0n) is 16.6. The first-order chi connectivity index (χ1) is 13.0. The molecule has 0 bridgehead atoms. The second-order valence-electron chi connectivity index (χ2n) is 8.06. The lowest BCUT2D eigenvalue weighted by Crippen LogP contribution is -2.68. The van der Waals surface area contributed by atoms with Gasteiger partial charge in [0.05, 0.1) is 32.0 Å². The van der Waals surface area contributed by atoms with E-state index in [1.165, 1.54) is 0 Å². The van der Waals surface area contributed by atoms with Gasteiger partial charge in [0.15, 0.2) is 5.96 Å². The lowest BCUT2D eigenvalue weighted by atomic mass is 9.57. The first kappa shape index (κ1) is 20.1. The zero-order chi connectivity index (χ0) is 19.3. The Kier molecular flexibility index (Phi) is 6.73. The van der Waals surface area contributed by atoms with Crippen molar-refractivity contribution in [3.8, 4) is 0 Å². The molecule has 1 saturated carbocycles. The van der Waals surface area contributed by atoms with Crippen molar-refractivity contribution in [2.45, 2.75) is 52.0 Å². The topological polar surface area (TPSA) is 75.1 Å². The molecule has 1 aromatic rings. The smallest absolute Gasteiger partial charge is 0.191 e. The molecule has 4 unspecified atom stereocenters. The summed E-state index contributed by atoms with van der Waals surface area (Å²) in [5.74, 6) is 1.30. The molecule has 2 fully saturated rings. The molecule has 6 heteroatoms. The van der Waals surface area contributed by atoms with Crippen molar-refractivity contribution in [1.29, 1.82) is 0 Å². The summed E-state index contributed by atoms with van der Waals surface area (Å²) in [5, 5.41) is 17.0. The molecule has 2 aliphatic rings. The van der Waals surface area contributed by atoms with Gasteiger partial charge in [-0.15, -0.1) is 0 Å². The monoisotopic (exact) mass is 375 g/mol. The number of fused-ring (bicyclic) bond motifs is 1. The van der Waals surface area contributed by atoms with E-state index in [9.17, 15) is 5.11 Å². The lowest BCUT2D eigenvalue weighted by Gasteiger charge is -2.54. The van der Waals surface area contributed by atoms with Gasteiger partial charge >= 0.3 is 0 Å². The van der Waals surface area contributed by atoms with Crippen LogP contribution in [-0.4, -0.2) is 55.6 Å². The van der Waals surface area contributed by atoms with Gasteiger partial charge in [0.1, 0.15) is 0 Å². The largest absolute Gasteiger partial charge is 0.389 e. The normalized spacial score (nSPS) is 27.6. The van der Waals surface area contributed by atoms with Crippen LogP contribution in [0, 0.1) is 11.3 Å². The minimum atomic E-state index is -0.624. The molecule has 3 N–H and O–H groups in total. The molecule has 1 aromatic carbocycles. The summed E-state index contributed by atoms with van der Waals surface area (Å²) in [6.45, 7) is 9.24. The third-order valence-electron chi connectivity index (χ3n) is 5.62. The third kappa shape index (κ3) is 4.81. The molecule has 1 aliphatic heterocycles. The van der Waals surface area contributed by atoms with Crippen LogP contribution in [-0.2, 0) is 16.1 Å². The molecule has 1 heterocycles. The highest BCUT2D eigenvalue weighted by Crippen LogP contribution is 2.52. The number of nitrogens with one attached hydrogen (secondary N) is 2. The van der Waals surface area contributed by atoms with Crippen LogP contribution < -0.4 is 10.6 Å². The van der Waals surface area contributed by atoms with Crippen molar-refractivity contribution in [2.75, 3.05) is 26.3 Å². The van der Waals surface area contributed by atoms with Crippen LogP contribution in [0.4, 0.5) is 0 Å². The van der Waals surface area contributed by atoms with Crippen molar-refractivity contribution >= 4 is 5.96 Å². The third-order valence-corrected chi connectivity index (χ3v) is 5.62. The Morgan fingerprint density at radius 3 is 2.89 bits per heavy atom. The maximum Gasteiger partial charge on any atom is 0.191 e. The predicted molar refractivity (Wildman–Crippen MR) is 107 cm³/mol. The van der Waals surface area contributed by atoms with E-state index in [-0.39, 0.29) is 12.0 Å². The number of hydrogen-bond acceptors (Lipinski definition) is 4. The van der Waals surface area contributed by atoms with E-state index in [2.05, 4.69) is 29.5 Å². The number of guanidine groups is 1. The Morgan fingerprint density at radius 1 is 1.37 bits per heavy atom. The van der Waals surface area contributed by atoms with Gasteiger partial charge in [-0.2, -0.15) is 0 Å². The number of rotatable bonds is 8. The van der Waals surface area contributed by atoms with Crippen LogP contribution in [0.3, 0.4) is 0 Å². The highest BCUT2D eigenvalue weighted by Gasteiger charge is 2.59. The number of benzene rings is 1. The van der Waals surface area contributed by atoms with Crippen LogP contribution in [0.5, 0.6) is 0 Å². The summed E-state index contributed by atoms with van der Waals surface area (Å²) in [7, 11) is 0. The number of nitrogens with zero attached hydrogens (tertiary/aromatic N) is 1. The first-order valence-corrected chi connectivity index (χ1v) is 9.98. The molecule has 1 saturated heterocycles. The number of hydrogen-bond donors (Lipinski definition) is 3. The van der Waals surface area contributed by atoms with E-state index < -0.39 is 6.10 Å². The number of ether oxygens (including phenoxy) is 2. The van der Waals surface area contributed by atoms with E-state index in [0.29, 0.717) is 31.2 Å². The fraction of sp³-hybridized carbons (Fsp3) is 0.667. The Hall–Kier alpha value is -1.63. The van der Waals surface area contributed by atoms with Gasteiger partial charge < -0.3 is 25.2 Å². The van der Waals surface area contributed by atoms with Crippen LogP contribution in [0.15, 0.2) is 35.3 Å². The summed E-state index contributed by atoms with van der Waals surface area (Å²) in [6.07, 6.45) is 0.817. The van der Waals surface area contributed by atoms with Gasteiger partial charge in [-0.05, 0) is 18.9 Å². The Morgan fingerprint density at radius 2 is 2.15 bits per heavy atom. The number of aliphatic hydroxyl groups excluding tert-OH is 1. The molecular weight excluding hydrogens is 342 g/mol. The summed E-state index contributed by atoms with van der Waals surface area (Å²) < 4.78 is 11.5. The molecule has 4 atom stereocenters. The van der Waals surface area contributed by atoms with Gasteiger partial charge in [-0.1, -0.05) is 44.2 Å². The minimum absolute atomic E-state index is 0.0920. The van der Waals surface area contributed by atoms with Gasteiger partial charge in [0.25, 0.3) is 0 Å². The van der Waals surface area contributed by atoms with E-state index in [1.54, 1.807) is 0 Å². The Labute approximate surface area is 162 Å². The summed E-state index contributed by atoms with van der Waals surface area (Å²) in [6, 6.07) is 10.3. The molecule has 3 rings (SSSR count). The highest BCUT2D eigenvalue weighted by atomic mass is 16.5. The quantitative estimate of drug-likeness (QED) is 0.478. The second kappa shape index (κ2) is 9.04. The van der Waals surface area contributed by atoms with Crippen molar-refractivity contribution < 1.29 is 14.6 Å². The van der Waals surface area contributed by atoms with Crippen LogP contribution in [0.1, 0.15) is 32.8 Å². The molecule has 0 amide bonds. The molecule has 1 aliphatic carbocycles. The van der Waals surface area contributed by atoms with Crippen molar-refractivity contribution in [2.24, 2.45) is 16.3 Å². The van der Waals surface area contributed by atoms with Crippen molar-refractivity contribution in [3.63, 3.8) is 0 Å². The van der Waals surface area contributed by atoms with E-state index >= 15 is 0 Å². The van der Waals surface area contributed by atoms with E-state index in [0.717, 1.165) is 31.1 Å². The van der Waals surface area contributed by atoms with Crippen molar-refractivity contribution in [1.82, 2.24) is 10.6 Å². The average Bonchev–Trinajstić information content (AvgIpc) is 3.12. The fourth-order valence-corrected chi connectivity index (χ4v) is 4.22. The van der Waals surface area contributed by atoms with Gasteiger partial charge in [0, 0.05) is 30.5 Å². The Bertz CT molecular complexity index is 620. The summed E-state index contributed by atoms with van der Waals surface area (Å²) in [4.78, 5) is 4.56. The van der Waals surface area contributed by atoms with Crippen LogP contribution in [0.25, 0.3) is 0 Å². The molecule has 0 radical (unpaired) electrons. The van der Waals surface area contributed by atoms with Gasteiger partial charge in [-0.3, -0.25) is 4.99 Å². The molecule has 27 heavy (non-hydrogen) atoms. The zero-order valence-corrected chi connectivity index (χ0v) is 16.6. The summed E-state index contributed by atoms with van der Waals surface area (Å²) in [5.41, 5.74) is 1.19. The molecule has 0 spiro atoms. The van der Waals surface area contributed by atoms with E-state index in [1.807, 2.05) is 37.3 Å². The second-order valence-corrected chi connectivity index (χ2v) is 8.06. The molecule has 150 valence electrons. The van der Waals surface area contributed by atoms with Gasteiger partial charge in [-0.25, -0.2) is 0 Å². The standard InChI is InChI=1S/C21H33N3O3/c1-4-22-20(24-18-17-10-11-27-19(17)21(18,2)3)23-12-16(25)14-26-13-15-8-6-5-7-9-15/h5-9,16-19,25H,4,10-14H2,1-3H3,(H2,22,23,24). The average molecular weight is 376 g/mol. The summed E-state index contributed by atoms with van der Waals surface area (Å²) >= 11 is 0. The molecule has 0 aromatic heterocycles. The first-order valence-electron chi connectivity index (χ1n) is 9.98. The van der Waals surface area contributed by atoms with Crippen LogP contribution >= 0.6 is 0 Å². The van der Waals surface area contributed by atoms with E-state index in [4.69, 9.17) is 9.47 Å². The van der Waals surface area contributed by atoms with Gasteiger partial charge in [0.2, 0.25) is 0 Å². The van der Waals surface area contributed by atoms with Crippen LogP contribution in [0.2, 0.25) is 0 Å². The number of aliphatic hydroxyl groups is 1. The lowest BCUT2D eigenvalue weighted by molar-refractivity contribution is -0.106. The number of aliphatic imine (C=N–C) groups is 1. The highest BCUT2D eigenvalue weighted by molar-refractivity contribution is 5.80. The maximum absolute atomic E-state index is 10.2.